The number of hydrogen-bond donors (Lipinski definition) is 2. The fourth-order valence-electron chi connectivity index (χ4n) is 0.426. The maximum Gasteiger partial charge on any atom is 0.322 e. The van der Waals surface area contributed by atoms with Crippen LogP contribution in [-0.2, 0) is 9.59 Å². The van der Waals surface area contributed by atoms with E-state index in [1.54, 1.807) is 19.9 Å². The van der Waals surface area contributed by atoms with Crippen LogP contribution in [-0.4, -0.2) is 23.5 Å². The van der Waals surface area contributed by atoms with E-state index in [1.165, 1.54) is 0 Å². The van der Waals surface area contributed by atoms with Crippen molar-refractivity contribution in [3.8, 4) is 0 Å². The summed E-state index contributed by atoms with van der Waals surface area (Å²) in [5.74, 6) is -1.38. The standard InChI is InChI=1S/C7H11NO3/c1-3-5(2)7(11)8-4-6(9)10/h3H,4H2,1-2H3,(H,8,11)(H,9,10)/b5-3+/i4+1,6+1,8+1. The number of carboxylic acid groups (broad SMARTS) is 1. The smallest absolute Gasteiger partial charge is 0.322 e. The van der Waals surface area contributed by atoms with Crippen molar-refractivity contribution in [2.24, 2.45) is 0 Å². The van der Waals surface area contributed by atoms with E-state index in [4.69, 9.17) is 5.11 Å². The zero-order valence-electron chi connectivity index (χ0n) is 6.55. The number of carbonyl (C=O) groups excluding carboxylic acids is 1. The van der Waals surface area contributed by atoms with Gasteiger partial charge in [0.05, 0.1) is 0 Å². The molecule has 11 heavy (non-hydrogen) atoms. The van der Waals surface area contributed by atoms with Crippen molar-refractivity contribution in [2.45, 2.75) is 13.8 Å². The summed E-state index contributed by atoms with van der Waals surface area (Å²) < 4.78 is 0. The summed E-state index contributed by atoms with van der Waals surface area (Å²) >= 11 is 0. The number of carboxylic acids is 1. The van der Waals surface area contributed by atoms with E-state index in [9.17, 15) is 9.59 Å². The van der Waals surface area contributed by atoms with Gasteiger partial charge in [-0.3, -0.25) is 9.59 Å². The Morgan fingerprint density at radius 2 is 2.09 bits per heavy atom. The van der Waals surface area contributed by atoms with Crippen molar-refractivity contribution in [1.82, 2.24) is 5.32 Å². The van der Waals surface area contributed by atoms with Crippen LogP contribution in [0.1, 0.15) is 13.8 Å². The average Bonchev–Trinajstić information content (AvgIpc) is 1.98. The highest BCUT2D eigenvalue weighted by Gasteiger charge is 2.03. The van der Waals surface area contributed by atoms with E-state index in [1.807, 2.05) is 0 Å². The summed E-state index contributed by atoms with van der Waals surface area (Å²) in [7, 11) is 0. The first-order valence-corrected chi connectivity index (χ1v) is 3.20. The number of hydrogen-bond acceptors (Lipinski definition) is 2. The van der Waals surface area contributed by atoms with Crippen LogP contribution in [0.3, 0.4) is 0 Å². The van der Waals surface area contributed by atoms with E-state index >= 15 is 0 Å². The van der Waals surface area contributed by atoms with Crippen LogP contribution in [0.4, 0.5) is 0 Å². The molecule has 0 radical (unpaired) electrons. The zero-order valence-corrected chi connectivity index (χ0v) is 6.55. The van der Waals surface area contributed by atoms with E-state index in [0.29, 0.717) is 5.57 Å². The highest BCUT2D eigenvalue weighted by molar-refractivity contribution is 5.94. The molecule has 0 saturated heterocycles. The molecule has 0 saturated carbocycles. The fourth-order valence-corrected chi connectivity index (χ4v) is 0.426. The molecule has 0 bridgehead atoms. The van der Waals surface area contributed by atoms with Crippen molar-refractivity contribution in [3.63, 3.8) is 0 Å². The molecule has 4 nitrogen and oxygen atoms in total. The molecule has 0 heterocycles. The van der Waals surface area contributed by atoms with E-state index in [-0.39, 0.29) is 12.5 Å². The SMILES string of the molecule is C/C=C(\C)C(=O)[15NH][13CH2][13C](=O)O. The van der Waals surface area contributed by atoms with Crippen LogP contribution >= 0.6 is 0 Å². The first kappa shape index (κ1) is 9.68. The van der Waals surface area contributed by atoms with Crippen LogP contribution in [0.5, 0.6) is 0 Å². The Bertz CT molecular complexity index is 196. The third-order valence-electron chi connectivity index (χ3n) is 1.19. The Kier molecular flexibility index (Phi) is 3.95. The Labute approximate surface area is 64.9 Å². The minimum atomic E-state index is -1.04. The lowest BCUT2D eigenvalue weighted by Crippen LogP contribution is -2.29. The first-order chi connectivity index (χ1) is 5.07. The summed E-state index contributed by atoms with van der Waals surface area (Å²) in [4.78, 5) is 20.8. The van der Waals surface area contributed by atoms with Crippen molar-refractivity contribution in [1.29, 1.82) is 0 Å². The van der Waals surface area contributed by atoms with Crippen molar-refractivity contribution >= 4 is 11.9 Å². The molecule has 2 N–H and O–H groups in total. The van der Waals surface area contributed by atoms with Gasteiger partial charge in [-0.1, -0.05) is 6.08 Å². The quantitative estimate of drug-likeness (QED) is 0.351. The summed E-state index contributed by atoms with van der Waals surface area (Å²) in [5, 5.41) is 10.4. The number of rotatable bonds is 3. The number of carbonyl (C=O) groups is 2. The van der Waals surface area contributed by atoms with E-state index in [0.717, 1.165) is 0 Å². The molecule has 0 rings (SSSR count). The normalized spacial score (nSPS) is 10.9. The van der Waals surface area contributed by atoms with Gasteiger partial charge in [0, 0.05) is 5.57 Å². The predicted octanol–water partition coefficient (Wildman–Crippen LogP) is 0.153. The predicted molar refractivity (Wildman–Crippen MR) is 40.1 cm³/mol. The Hall–Kier alpha value is -1.32. The zero-order chi connectivity index (χ0) is 8.85. The average molecular weight is 160 g/mol. The highest BCUT2D eigenvalue weighted by Crippen LogP contribution is 1.89. The van der Waals surface area contributed by atoms with Crippen LogP contribution in [0.15, 0.2) is 11.6 Å². The van der Waals surface area contributed by atoms with Crippen LogP contribution in [0, 0.1) is 0 Å². The molecule has 4 heteroatoms. The van der Waals surface area contributed by atoms with Crippen LogP contribution in [0.25, 0.3) is 0 Å². The van der Waals surface area contributed by atoms with Crippen LogP contribution in [0.2, 0.25) is 0 Å². The number of aliphatic carboxylic acids is 1. The lowest BCUT2D eigenvalue weighted by atomic mass is 10.3. The van der Waals surface area contributed by atoms with Crippen molar-refractivity contribution in [3.05, 3.63) is 11.6 Å². The Balaban J connectivity index is 3.80. The van der Waals surface area contributed by atoms with Gasteiger partial charge in [0.2, 0.25) is 5.91 Å². The second kappa shape index (κ2) is 4.49. The van der Waals surface area contributed by atoms with Gasteiger partial charge in [-0.2, -0.15) is 0 Å². The Morgan fingerprint density at radius 3 is 2.45 bits per heavy atom. The first-order valence-electron chi connectivity index (χ1n) is 3.20. The summed E-state index contributed by atoms with van der Waals surface area (Å²) in [6.07, 6.45) is 1.62. The van der Waals surface area contributed by atoms with Crippen molar-refractivity contribution < 1.29 is 14.7 Å². The number of allylic oxidation sites excluding steroid dienone is 1. The maximum atomic E-state index is 10.8. The fraction of sp³-hybridized carbons (Fsp3) is 0.429. The second-order valence-electron chi connectivity index (χ2n) is 2.05. The number of nitrogens with one attached hydrogen (secondary N) is 1. The highest BCUT2D eigenvalue weighted by atomic mass is 16.5. The second-order valence-corrected chi connectivity index (χ2v) is 2.05. The third kappa shape index (κ3) is 4.13. The topological polar surface area (TPSA) is 66.4 Å². The van der Waals surface area contributed by atoms with E-state index in [2.05, 4.69) is 5.32 Å². The molecule has 0 aromatic rings. The molecular weight excluding hydrogens is 149 g/mol. The summed E-state index contributed by atoms with van der Waals surface area (Å²) in [6.45, 7) is 3.01. The maximum absolute atomic E-state index is 10.8. The van der Waals surface area contributed by atoms with Gasteiger partial charge in [0.25, 0.3) is 0 Å². The number of amides is 1. The largest absolute Gasteiger partial charge is 0.480 e. The Morgan fingerprint density at radius 1 is 1.55 bits per heavy atom. The van der Waals surface area contributed by atoms with Gasteiger partial charge >= 0.3 is 5.97 Å². The molecule has 0 aliphatic heterocycles. The molecule has 0 atom stereocenters. The van der Waals surface area contributed by atoms with Gasteiger partial charge in [0.15, 0.2) is 0 Å². The molecule has 62 valence electrons. The van der Waals surface area contributed by atoms with Gasteiger partial charge in [-0.15, -0.1) is 0 Å². The third-order valence-corrected chi connectivity index (χ3v) is 1.19. The van der Waals surface area contributed by atoms with Gasteiger partial charge in [-0.25, -0.2) is 0 Å². The van der Waals surface area contributed by atoms with Gasteiger partial charge in [0.1, 0.15) is 6.54 Å². The molecule has 0 unspecified atom stereocenters. The minimum absolute atomic E-state index is 0.329. The molecule has 0 fully saturated rings. The molecule has 0 spiro atoms. The molecule has 0 aliphatic rings. The monoisotopic (exact) mass is 160 g/mol. The summed E-state index contributed by atoms with van der Waals surface area (Å²) in [6, 6.07) is 0. The van der Waals surface area contributed by atoms with Crippen molar-refractivity contribution in [2.75, 3.05) is 6.54 Å². The molecule has 0 aromatic carbocycles. The van der Waals surface area contributed by atoms with Gasteiger partial charge < -0.3 is 10.4 Å². The minimum Gasteiger partial charge on any atom is -0.480 e. The lowest BCUT2D eigenvalue weighted by molar-refractivity contribution is -0.137. The van der Waals surface area contributed by atoms with Crippen LogP contribution < -0.4 is 5.32 Å². The lowest BCUT2D eigenvalue weighted by Gasteiger charge is -1.99. The molecule has 0 aliphatic carbocycles. The summed E-state index contributed by atoms with van der Waals surface area (Å²) in [5.41, 5.74) is 0.520. The molecule has 0 aromatic heterocycles. The van der Waals surface area contributed by atoms with E-state index < -0.39 is 5.97 Å². The molecular formula is C7H11NO3. The van der Waals surface area contributed by atoms with Gasteiger partial charge in [-0.05, 0) is 13.8 Å². The molecule has 1 amide bonds.